The molecule has 0 unspecified atom stereocenters. The Kier molecular flexibility index (Phi) is 5.59. The Hall–Kier alpha value is -1.59. The van der Waals surface area contributed by atoms with Gasteiger partial charge in [-0.25, -0.2) is 4.98 Å². The number of hydrogen-bond donors (Lipinski definition) is 2. The zero-order valence-electron chi connectivity index (χ0n) is 12.3. The summed E-state index contributed by atoms with van der Waals surface area (Å²) in [5.41, 5.74) is 1.54. The Balaban J connectivity index is 2.32. The Labute approximate surface area is 128 Å². The molecule has 1 aromatic heterocycles. The Bertz CT molecular complexity index is 655. The summed E-state index contributed by atoms with van der Waals surface area (Å²) in [6.45, 7) is 4.00. The number of H-pyrrole nitrogens is 1. The molecule has 0 aliphatic heterocycles. The molecule has 0 amide bonds. The molecule has 0 saturated heterocycles. The Morgan fingerprint density at radius 2 is 2.10 bits per heavy atom. The molecule has 21 heavy (non-hydrogen) atoms. The lowest BCUT2D eigenvalue weighted by Gasteiger charge is -2.13. The number of aliphatic hydroxyl groups is 1. The molecule has 5 heteroatoms. The second-order valence-electron chi connectivity index (χ2n) is 4.86. The third-order valence-electron chi connectivity index (χ3n) is 3.15. The minimum absolute atomic E-state index is 0.135. The van der Waals surface area contributed by atoms with Crippen LogP contribution in [-0.2, 0) is 6.42 Å². The zero-order valence-corrected chi connectivity index (χ0v) is 13.1. The second kappa shape index (κ2) is 7.43. The molecule has 1 atom stereocenters. The number of rotatable bonds is 6. The van der Waals surface area contributed by atoms with Gasteiger partial charge < -0.3 is 10.1 Å². The van der Waals surface area contributed by atoms with E-state index in [1.165, 1.54) is 11.8 Å². The Morgan fingerprint density at radius 3 is 2.81 bits per heavy atom. The van der Waals surface area contributed by atoms with E-state index in [0.29, 0.717) is 11.6 Å². The SMILES string of the molecule is CCCc1cc(=O)[nH]c(Sc2ccccc2[C@@H](O)CC)n1. The molecular formula is C16H20N2O2S. The molecule has 4 nitrogen and oxygen atoms in total. The van der Waals surface area contributed by atoms with Gasteiger partial charge >= 0.3 is 0 Å². The molecule has 0 fully saturated rings. The summed E-state index contributed by atoms with van der Waals surface area (Å²) in [6, 6.07) is 9.21. The second-order valence-corrected chi connectivity index (χ2v) is 5.89. The number of aromatic amines is 1. The van der Waals surface area contributed by atoms with E-state index in [1.807, 2.05) is 31.2 Å². The van der Waals surface area contributed by atoms with Crippen LogP contribution < -0.4 is 5.56 Å². The van der Waals surface area contributed by atoms with E-state index in [-0.39, 0.29) is 5.56 Å². The van der Waals surface area contributed by atoms with Gasteiger partial charge in [0.15, 0.2) is 5.16 Å². The molecule has 0 saturated carbocycles. The quantitative estimate of drug-likeness (QED) is 0.804. The predicted octanol–water partition coefficient (Wildman–Crippen LogP) is 3.32. The fourth-order valence-electron chi connectivity index (χ4n) is 2.09. The van der Waals surface area contributed by atoms with Crippen molar-refractivity contribution in [1.29, 1.82) is 0 Å². The average Bonchev–Trinajstić information content (AvgIpc) is 2.47. The van der Waals surface area contributed by atoms with Crippen molar-refractivity contribution in [3.63, 3.8) is 0 Å². The van der Waals surface area contributed by atoms with Gasteiger partial charge in [0.2, 0.25) is 0 Å². The van der Waals surface area contributed by atoms with Crippen LogP contribution in [0.2, 0.25) is 0 Å². The first-order chi connectivity index (χ1) is 10.1. The third-order valence-corrected chi connectivity index (χ3v) is 4.13. The third kappa shape index (κ3) is 4.19. The van der Waals surface area contributed by atoms with Crippen molar-refractivity contribution in [1.82, 2.24) is 9.97 Å². The van der Waals surface area contributed by atoms with Gasteiger partial charge in [-0.05, 0) is 24.5 Å². The first-order valence-corrected chi connectivity index (χ1v) is 8.00. The molecule has 112 valence electrons. The highest BCUT2D eigenvalue weighted by atomic mass is 32.2. The topological polar surface area (TPSA) is 66.0 Å². The van der Waals surface area contributed by atoms with Crippen molar-refractivity contribution < 1.29 is 5.11 Å². The minimum Gasteiger partial charge on any atom is -0.388 e. The number of benzene rings is 1. The van der Waals surface area contributed by atoms with Gasteiger partial charge in [-0.15, -0.1) is 0 Å². The highest BCUT2D eigenvalue weighted by Crippen LogP contribution is 2.32. The number of nitrogens with one attached hydrogen (secondary N) is 1. The van der Waals surface area contributed by atoms with Crippen LogP contribution in [0.1, 0.15) is 44.1 Å². The van der Waals surface area contributed by atoms with E-state index in [1.54, 1.807) is 6.07 Å². The van der Waals surface area contributed by atoms with Crippen molar-refractivity contribution in [2.45, 2.75) is 49.3 Å². The molecule has 0 aliphatic rings. The first kappa shape index (κ1) is 15.8. The molecule has 0 bridgehead atoms. The molecule has 0 spiro atoms. The van der Waals surface area contributed by atoms with E-state index in [4.69, 9.17) is 0 Å². The highest BCUT2D eigenvalue weighted by Gasteiger charge is 2.12. The molecule has 1 heterocycles. The van der Waals surface area contributed by atoms with E-state index >= 15 is 0 Å². The largest absolute Gasteiger partial charge is 0.388 e. The number of aliphatic hydroxyl groups excluding tert-OH is 1. The van der Waals surface area contributed by atoms with Crippen LogP contribution in [0.25, 0.3) is 0 Å². The van der Waals surface area contributed by atoms with Crippen LogP contribution in [0.3, 0.4) is 0 Å². The summed E-state index contributed by atoms with van der Waals surface area (Å²) in [5, 5.41) is 10.6. The minimum atomic E-state index is -0.501. The normalized spacial score (nSPS) is 12.3. The predicted molar refractivity (Wildman–Crippen MR) is 84.7 cm³/mol. The van der Waals surface area contributed by atoms with Crippen molar-refractivity contribution >= 4 is 11.8 Å². The lowest BCUT2D eigenvalue weighted by Crippen LogP contribution is -2.10. The molecule has 2 rings (SSSR count). The van der Waals surface area contributed by atoms with E-state index in [0.717, 1.165) is 29.0 Å². The number of hydrogen-bond acceptors (Lipinski definition) is 4. The standard InChI is InChI=1S/C16H20N2O2S/c1-3-7-11-10-15(20)18-16(17-11)21-14-9-6-5-8-12(14)13(19)4-2/h5-6,8-10,13,19H,3-4,7H2,1-2H3,(H,17,18,20)/t13-/m0/s1. The fourth-order valence-corrected chi connectivity index (χ4v) is 3.08. The van der Waals surface area contributed by atoms with E-state index in [9.17, 15) is 9.90 Å². The van der Waals surface area contributed by atoms with Crippen molar-refractivity contribution in [2.75, 3.05) is 0 Å². The van der Waals surface area contributed by atoms with Gasteiger partial charge in [-0.2, -0.15) is 0 Å². The van der Waals surface area contributed by atoms with Gasteiger partial charge in [0, 0.05) is 16.7 Å². The van der Waals surface area contributed by atoms with Crippen molar-refractivity contribution in [2.24, 2.45) is 0 Å². The van der Waals surface area contributed by atoms with Crippen molar-refractivity contribution in [3.8, 4) is 0 Å². The lowest BCUT2D eigenvalue weighted by molar-refractivity contribution is 0.171. The van der Waals surface area contributed by atoms with E-state index < -0.39 is 6.10 Å². The summed E-state index contributed by atoms with van der Waals surface area (Å²) < 4.78 is 0. The number of aryl methyl sites for hydroxylation is 1. The summed E-state index contributed by atoms with van der Waals surface area (Å²) in [5.74, 6) is 0. The van der Waals surface area contributed by atoms with Gasteiger partial charge in [0.05, 0.1) is 6.10 Å². The van der Waals surface area contributed by atoms with E-state index in [2.05, 4.69) is 16.9 Å². The molecule has 2 aromatic rings. The molecule has 0 radical (unpaired) electrons. The van der Waals surface area contributed by atoms with Crippen LogP contribution in [0, 0.1) is 0 Å². The highest BCUT2D eigenvalue weighted by molar-refractivity contribution is 7.99. The van der Waals surface area contributed by atoms with Crippen LogP contribution >= 0.6 is 11.8 Å². The summed E-state index contributed by atoms with van der Waals surface area (Å²) >= 11 is 1.39. The molecule has 2 N–H and O–H groups in total. The molecular weight excluding hydrogens is 284 g/mol. The van der Waals surface area contributed by atoms with Gasteiger partial charge in [0.25, 0.3) is 5.56 Å². The number of nitrogens with zero attached hydrogens (tertiary/aromatic N) is 1. The Morgan fingerprint density at radius 1 is 1.33 bits per heavy atom. The summed E-state index contributed by atoms with van der Waals surface area (Å²) in [4.78, 5) is 19.8. The fraction of sp³-hybridized carbons (Fsp3) is 0.375. The van der Waals surface area contributed by atoms with Crippen molar-refractivity contribution in [3.05, 3.63) is 51.9 Å². The monoisotopic (exact) mass is 304 g/mol. The smallest absolute Gasteiger partial charge is 0.251 e. The average molecular weight is 304 g/mol. The first-order valence-electron chi connectivity index (χ1n) is 7.19. The molecule has 1 aromatic carbocycles. The summed E-state index contributed by atoms with van der Waals surface area (Å²) in [7, 11) is 0. The maximum atomic E-state index is 11.7. The molecule has 0 aliphatic carbocycles. The van der Waals surface area contributed by atoms with Gasteiger partial charge in [-0.1, -0.05) is 50.2 Å². The number of aromatic nitrogens is 2. The summed E-state index contributed by atoms with van der Waals surface area (Å²) in [6.07, 6.45) is 1.89. The maximum absolute atomic E-state index is 11.7. The lowest BCUT2D eigenvalue weighted by atomic mass is 10.1. The van der Waals surface area contributed by atoms with Gasteiger partial charge in [0.1, 0.15) is 0 Å². The zero-order chi connectivity index (χ0) is 15.2. The van der Waals surface area contributed by atoms with Gasteiger partial charge in [-0.3, -0.25) is 4.79 Å². The van der Waals surface area contributed by atoms with Crippen LogP contribution in [0.5, 0.6) is 0 Å². The van der Waals surface area contributed by atoms with Crippen LogP contribution in [0.15, 0.2) is 45.2 Å². The van der Waals surface area contributed by atoms with Crippen LogP contribution in [0.4, 0.5) is 0 Å². The maximum Gasteiger partial charge on any atom is 0.251 e. The van der Waals surface area contributed by atoms with Crippen LogP contribution in [-0.4, -0.2) is 15.1 Å².